The number of nitrogens with two attached hydrogens (primary N) is 1. The molecule has 5 nitrogen and oxygen atoms in total. The van der Waals surface area contributed by atoms with Crippen LogP contribution in [0.4, 0.5) is 0 Å². The largest absolute Gasteiger partial charge is 0.356 e. The number of carbonyl (C=O) groups excluding carboxylic acids is 2. The highest BCUT2D eigenvalue weighted by molar-refractivity contribution is 5.79. The number of hydrogen-bond acceptors (Lipinski definition) is 3. The van der Waals surface area contributed by atoms with Crippen LogP contribution in [0.2, 0.25) is 0 Å². The summed E-state index contributed by atoms with van der Waals surface area (Å²) in [5, 5.41) is 5.49. The van der Waals surface area contributed by atoms with Crippen LogP contribution in [-0.4, -0.2) is 31.4 Å². The van der Waals surface area contributed by atoms with Gasteiger partial charge in [-0.2, -0.15) is 0 Å². The SMILES string of the molecule is CCCNC(=O)CCNC(=O)CC(CC)CN. The maximum atomic E-state index is 11.5. The lowest BCUT2D eigenvalue weighted by atomic mass is 10.0. The minimum Gasteiger partial charge on any atom is -0.356 e. The van der Waals surface area contributed by atoms with Crippen molar-refractivity contribution in [3.63, 3.8) is 0 Å². The predicted molar refractivity (Wildman–Crippen MR) is 68.4 cm³/mol. The summed E-state index contributed by atoms with van der Waals surface area (Å²) >= 11 is 0. The molecule has 1 unspecified atom stereocenters. The van der Waals surface area contributed by atoms with E-state index in [1.165, 1.54) is 0 Å². The number of carbonyl (C=O) groups is 2. The third-order valence-electron chi connectivity index (χ3n) is 2.63. The van der Waals surface area contributed by atoms with E-state index in [1.54, 1.807) is 0 Å². The Bertz CT molecular complexity index is 228. The van der Waals surface area contributed by atoms with E-state index >= 15 is 0 Å². The van der Waals surface area contributed by atoms with E-state index in [2.05, 4.69) is 10.6 Å². The average Bonchev–Trinajstić information content (AvgIpc) is 2.33. The van der Waals surface area contributed by atoms with Gasteiger partial charge in [-0.1, -0.05) is 20.3 Å². The summed E-state index contributed by atoms with van der Waals surface area (Å²) in [6, 6.07) is 0. The number of amides is 2. The smallest absolute Gasteiger partial charge is 0.221 e. The Morgan fingerprint density at radius 3 is 2.29 bits per heavy atom. The summed E-state index contributed by atoms with van der Waals surface area (Å²) in [5.74, 6) is 0.201. The molecular weight excluding hydrogens is 218 g/mol. The molecule has 0 aliphatic carbocycles. The van der Waals surface area contributed by atoms with Crippen LogP contribution >= 0.6 is 0 Å². The standard InChI is InChI=1S/C12H25N3O2/c1-3-6-14-11(16)5-7-15-12(17)8-10(4-2)9-13/h10H,3-9,13H2,1-2H3,(H,14,16)(H,15,17). The molecule has 0 aromatic carbocycles. The van der Waals surface area contributed by atoms with Crippen molar-refractivity contribution in [2.45, 2.75) is 39.5 Å². The molecule has 0 aromatic heterocycles. The lowest BCUT2D eigenvalue weighted by Gasteiger charge is -2.11. The molecule has 0 spiro atoms. The van der Waals surface area contributed by atoms with Crippen molar-refractivity contribution in [2.75, 3.05) is 19.6 Å². The van der Waals surface area contributed by atoms with E-state index in [0.29, 0.717) is 32.5 Å². The average molecular weight is 243 g/mol. The fourth-order valence-electron chi connectivity index (χ4n) is 1.40. The molecule has 0 saturated heterocycles. The van der Waals surface area contributed by atoms with Crippen LogP contribution in [0.1, 0.15) is 39.5 Å². The molecule has 0 heterocycles. The Morgan fingerprint density at radius 1 is 1.12 bits per heavy atom. The quantitative estimate of drug-likeness (QED) is 0.548. The Kier molecular flexibility index (Phi) is 9.43. The van der Waals surface area contributed by atoms with Gasteiger partial charge >= 0.3 is 0 Å². The second-order valence-electron chi connectivity index (χ2n) is 4.16. The van der Waals surface area contributed by atoms with Gasteiger partial charge in [-0.3, -0.25) is 9.59 Å². The van der Waals surface area contributed by atoms with E-state index in [9.17, 15) is 9.59 Å². The van der Waals surface area contributed by atoms with Crippen molar-refractivity contribution in [1.82, 2.24) is 10.6 Å². The van der Waals surface area contributed by atoms with E-state index < -0.39 is 0 Å². The molecule has 17 heavy (non-hydrogen) atoms. The molecule has 0 rings (SSSR count). The van der Waals surface area contributed by atoms with Gasteiger partial charge in [-0.25, -0.2) is 0 Å². The zero-order valence-corrected chi connectivity index (χ0v) is 10.9. The topological polar surface area (TPSA) is 84.2 Å². The molecule has 5 heteroatoms. The van der Waals surface area contributed by atoms with Crippen LogP contribution in [0.3, 0.4) is 0 Å². The van der Waals surface area contributed by atoms with Crippen molar-refractivity contribution < 1.29 is 9.59 Å². The summed E-state index contributed by atoms with van der Waals surface area (Å²) in [4.78, 5) is 22.7. The second-order valence-corrected chi connectivity index (χ2v) is 4.16. The van der Waals surface area contributed by atoms with E-state index in [-0.39, 0.29) is 17.7 Å². The van der Waals surface area contributed by atoms with Crippen LogP contribution in [0, 0.1) is 5.92 Å². The first-order valence-electron chi connectivity index (χ1n) is 6.37. The summed E-state index contributed by atoms with van der Waals surface area (Å²) in [5.41, 5.74) is 5.52. The molecular formula is C12H25N3O2. The van der Waals surface area contributed by atoms with Crippen molar-refractivity contribution >= 4 is 11.8 Å². The predicted octanol–water partition coefficient (Wildman–Crippen LogP) is 0.394. The Morgan fingerprint density at radius 2 is 1.76 bits per heavy atom. The van der Waals surface area contributed by atoms with Crippen molar-refractivity contribution in [3.8, 4) is 0 Å². The fourth-order valence-corrected chi connectivity index (χ4v) is 1.40. The van der Waals surface area contributed by atoms with Crippen LogP contribution in [-0.2, 0) is 9.59 Å². The first-order chi connectivity index (χ1) is 8.13. The highest BCUT2D eigenvalue weighted by atomic mass is 16.2. The van der Waals surface area contributed by atoms with Gasteiger partial charge in [0.05, 0.1) is 0 Å². The van der Waals surface area contributed by atoms with Crippen LogP contribution in [0.5, 0.6) is 0 Å². The minimum atomic E-state index is -0.0226. The van der Waals surface area contributed by atoms with Gasteiger partial charge in [0.25, 0.3) is 0 Å². The van der Waals surface area contributed by atoms with Crippen molar-refractivity contribution in [3.05, 3.63) is 0 Å². The zero-order valence-electron chi connectivity index (χ0n) is 10.9. The maximum absolute atomic E-state index is 11.5. The van der Waals surface area contributed by atoms with E-state index in [4.69, 9.17) is 5.73 Å². The molecule has 0 aromatic rings. The van der Waals surface area contributed by atoms with Gasteiger partial charge in [0.2, 0.25) is 11.8 Å². The van der Waals surface area contributed by atoms with Gasteiger partial charge in [0.1, 0.15) is 0 Å². The molecule has 100 valence electrons. The third kappa shape index (κ3) is 8.68. The van der Waals surface area contributed by atoms with E-state index in [1.807, 2.05) is 13.8 Å². The fraction of sp³-hybridized carbons (Fsp3) is 0.833. The van der Waals surface area contributed by atoms with Gasteiger partial charge in [0.15, 0.2) is 0 Å². The van der Waals surface area contributed by atoms with Gasteiger partial charge < -0.3 is 16.4 Å². The Hall–Kier alpha value is -1.10. The van der Waals surface area contributed by atoms with Gasteiger partial charge in [0, 0.05) is 25.9 Å². The summed E-state index contributed by atoms with van der Waals surface area (Å²) in [7, 11) is 0. The monoisotopic (exact) mass is 243 g/mol. The van der Waals surface area contributed by atoms with E-state index in [0.717, 1.165) is 12.8 Å². The molecule has 4 N–H and O–H groups in total. The molecule has 2 amide bonds. The lowest BCUT2D eigenvalue weighted by Crippen LogP contribution is -2.32. The first-order valence-corrected chi connectivity index (χ1v) is 6.37. The molecule has 0 saturated carbocycles. The summed E-state index contributed by atoms with van der Waals surface area (Å²) < 4.78 is 0. The van der Waals surface area contributed by atoms with Crippen LogP contribution in [0.25, 0.3) is 0 Å². The Labute approximate surface area is 104 Å². The Balaban J connectivity index is 3.60. The second kappa shape index (κ2) is 10.1. The number of hydrogen-bond donors (Lipinski definition) is 3. The van der Waals surface area contributed by atoms with Crippen LogP contribution in [0.15, 0.2) is 0 Å². The molecule has 0 bridgehead atoms. The zero-order chi connectivity index (χ0) is 13.1. The highest BCUT2D eigenvalue weighted by Gasteiger charge is 2.10. The van der Waals surface area contributed by atoms with Crippen molar-refractivity contribution in [1.29, 1.82) is 0 Å². The molecule has 1 atom stereocenters. The summed E-state index contributed by atoms with van der Waals surface area (Å²) in [6.07, 6.45) is 2.61. The lowest BCUT2D eigenvalue weighted by molar-refractivity contribution is -0.122. The molecule has 0 radical (unpaired) electrons. The molecule has 0 fully saturated rings. The van der Waals surface area contributed by atoms with Crippen LogP contribution < -0.4 is 16.4 Å². The first kappa shape index (κ1) is 15.9. The minimum absolute atomic E-state index is 0.0157. The maximum Gasteiger partial charge on any atom is 0.221 e. The molecule has 0 aliphatic heterocycles. The normalized spacial score (nSPS) is 11.9. The number of nitrogens with one attached hydrogen (secondary N) is 2. The molecule has 0 aliphatic rings. The number of rotatable bonds is 9. The third-order valence-corrected chi connectivity index (χ3v) is 2.63. The van der Waals surface area contributed by atoms with Gasteiger partial charge in [-0.15, -0.1) is 0 Å². The van der Waals surface area contributed by atoms with Crippen molar-refractivity contribution in [2.24, 2.45) is 11.7 Å². The van der Waals surface area contributed by atoms with Gasteiger partial charge in [-0.05, 0) is 18.9 Å². The summed E-state index contributed by atoms with van der Waals surface area (Å²) in [6.45, 7) is 5.64. The highest BCUT2D eigenvalue weighted by Crippen LogP contribution is 2.04.